The van der Waals surface area contributed by atoms with Crippen LogP contribution in [0.4, 0.5) is 5.69 Å². The molecule has 0 saturated heterocycles. The fourth-order valence-corrected chi connectivity index (χ4v) is 4.00. The van der Waals surface area contributed by atoms with Crippen molar-refractivity contribution < 1.29 is 8.42 Å². The second-order valence-corrected chi connectivity index (χ2v) is 6.23. The van der Waals surface area contributed by atoms with Gasteiger partial charge in [0.25, 0.3) is 10.0 Å². The Kier molecular flexibility index (Phi) is 2.41. The van der Waals surface area contributed by atoms with Gasteiger partial charge < -0.3 is 0 Å². The van der Waals surface area contributed by atoms with Gasteiger partial charge in [0.1, 0.15) is 4.90 Å². The smallest absolute Gasteiger partial charge is 0.267 e. The highest BCUT2D eigenvalue weighted by Gasteiger charge is 2.36. The van der Waals surface area contributed by atoms with E-state index in [0.717, 1.165) is 17.7 Å². The molecule has 0 amide bonds. The molecular weight excluding hydrogens is 250 g/mol. The third kappa shape index (κ3) is 1.53. The molecule has 0 bridgehead atoms. The van der Waals surface area contributed by atoms with Gasteiger partial charge in [-0.15, -0.1) is 0 Å². The first-order valence-electron chi connectivity index (χ1n) is 5.72. The summed E-state index contributed by atoms with van der Waals surface area (Å²) >= 11 is 0. The SMILES string of the molecule is CC1Cc2ccccc2N1S(=O)(=O)c1cn[nH]c1. The van der Waals surface area contributed by atoms with E-state index in [9.17, 15) is 8.42 Å². The van der Waals surface area contributed by atoms with Crippen LogP contribution in [0.2, 0.25) is 0 Å². The number of nitrogens with zero attached hydrogens (tertiary/aromatic N) is 2. The van der Waals surface area contributed by atoms with E-state index in [1.165, 1.54) is 16.7 Å². The summed E-state index contributed by atoms with van der Waals surface area (Å²) in [4.78, 5) is 0.200. The Morgan fingerprint density at radius 1 is 1.39 bits per heavy atom. The Labute approximate surface area is 105 Å². The predicted octanol–water partition coefficient (Wildman–Crippen LogP) is 1.55. The van der Waals surface area contributed by atoms with Crippen LogP contribution in [-0.4, -0.2) is 24.7 Å². The topological polar surface area (TPSA) is 66.1 Å². The van der Waals surface area contributed by atoms with E-state index in [0.29, 0.717) is 0 Å². The van der Waals surface area contributed by atoms with Gasteiger partial charge in [0.2, 0.25) is 0 Å². The Morgan fingerprint density at radius 3 is 2.89 bits per heavy atom. The second-order valence-electron chi connectivity index (χ2n) is 4.42. The number of hydrogen-bond acceptors (Lipinski definition) is 3. The van der Waals surface area contributed by atoms with E-state index in [2.05, 4.69) is 10.2 Å². The van der Waals surface area contributed by atoms with Gasteiger partial charge in [0.15, 0.2) is 0 Å². The first-order valence-corrected chi connectivity index (χ1v) is 7.16. The standard InChI is InChI=1S/C12H13N3O2S/c1-9-6-10-4-2-3-5-12(10)15(9)18(16,17)11-7-13-14-8-11/h2-5,7-9H,6H2,1H3,(H,13,14). The Bertz CT molecular complexity index is 664. The van der Waals surface area contributed by atoms with Crippen LogP contribution in [0, 0.1) is 0 Å². The van der Waals surface area contributed by atoms with Crippen molar-refractivity contribution in [2.24, 2.45) is 0 Å². The largest absolute Gasteiger partial charge is 0.284 e. The van der Waals surface area contributed by atoms with Gasteiger partial charge in [-0.1, -0.05) is 18.2 Å². The molecule has 2 heterocycles. The molecule has 18 heavy (non-hydrogen) atoms. The van der Waals surface area contributed by atoms with Crippen LogP contribution in [0.1, 0.15) is 12.5 Å². The first-order chi connectivity index (χ1) is 8.60. The number of hydrogen-bond donors (Lipinski definition) is 1. The van der Waals surface area contributed by atoms with Crippen molar-refractivity contribution in [1.29, 1.82) is 0 Å². The lowest BCUT2D eigenvalue weighted by Gasteiger charge is -2.23. The highest BCUT2D eigenvalue weighted by molar-refractivity contribution is 7.92. The average Bonchev–Trinajstić information content (AvgIpc) is 2.94. The fourth-order valence-electron chi connectivity index (χ4n) is 2.40. The van der Waals surface area contributed by atoms with E-state index >= 15 is 0 Å². The lowest BCUT2D eigenvalue weighted by atomic mass is 10.1. The van der Waals surface area contributed by atoms with Gasteiger partial charge in [-0.25, -0.2) is 8.42 Å². The van der Waals surface area contributed by atoms with Gasteiger partial charge in [0, 0.05) is 12.2 Å². The lowest BCUT2D eigenvalue weighted by molar-refractivity contribution is 0.584. The summed E-state index contributed by atoms with van der Waals surface area (Å²) in [6, 6.07) is 7.53. The monoisotopic (exact) mass is 263 g/mol. The highest BCUT2D eigenvalue weighted by atomic mass is 32.2. The number of H-pyrrole nitrogens is 1. The van der Waals surface area contributed by atoms with Crippen molar-refractivity contribution in [3.05, 3.63) is 42.2 Å². The summed E-state index contributed by atoms with van der Waals surface area (Å²) in [7, 11) is -3.52. The minimum atomic E-state index is -3.52. The second kappa shape index (κ2) is 3.84. The lowest BCUT2D eigenvalue weighted by Crippen LogP contribution is -2.35. The molecule has 1 aromatic carbocycles. The number of rotatable bonds is 2. The number of aromatic nitrogens is 2. The number of para-hydroxylation sites is 1. The molecule has 1 aliphatic heterocycles. The summed E-state index contributed by atoms with van der Waals surface area (Å²) in [5, 5.41) is 6.25. The van der Waals surface area contributed by atoms with Crippen LogP contribution in [0.3, 0.4) is 0 Å². The molecule has 0 aliphatic carbocycles. The Hall–Kier alpha value is -1.82. The molecule has 6 heteroatoms. The molecule has 1 unspecified atom stereocenters. The van der Waals surface area contributed by atoms with Crippen LogP contribution >= 0.6 is 0 Å². The zero-order valence-corrected chi connectivity index (χ0v) is 10.7. The molecule has 0 saturated carbocycles. The maximum absolute atomic E-state index is 12.5. The Balaban J connectivity index is 2.13. The van der Waals surface area contributed by atoms with E-state index < -0.39 is 10.0 Å². The van der Waals surface area contributed by atoms with Crippen molar-refractivity contribution in [2.45, 2.75) is 24.3 Å². The van der Waals surface area contributed by atoms with Gasteiger partial charge in [-0.2, -0.15) is 5.10 Å². The number of sulfonamides is 1. The third-order valence-electron chi connectivity index (χ3n) is 3.17. The summed E-state index contributed by atoms with van der Waals surface area (Å²) in [6.45, 7) is 1.91. The molecule has 1 aromatic heterocycles. The molecule has 1 atom stereocenters. The van der Waals surface area contributed by atoms with Crippen LogP contribution in [-0.2, 0) is 16.4 Å². The minimum Gasteiger partial charge on any atom is -0.284 e. The van der Waals surface area contributed by atoms with Crippen LogP contribution in [0.15, 0.2) is 41.6 Å². The van der Waals surface area contributed by atoms with Crippen LogP contribution < -0.4 is 4.31 Å². The molecule has 94 valence electrons. The number of nitrogens with one attached hydrogen (secondary N) is 1. The zero-order valence-electron chi connectivity index (χ0n) is 9.87. The number of benzene rings is 1. The van der Waals surface area contributed by atoms with Crippen LogP contribution in [0.25, 0.3) is 0 Å². The van der Waals surface area contributed by atoms with Gasteiger partial charge in [-0.3, -0.25) is 9.40 Å². The van der Waals surface area contributed by atoms with Crippen molar-refractivity contribution in [2.75, 3.05) is 4.31 Å². The number of fused-ring (bicyclic) bond motifs is 1. The molecule has 1 aliphatic rings. The highest BCUT2D eigenvalue weighted by Crippen LogP contribution is 2.36. The van der Waals surface area contributed by atoms with Gasteiger partial charge in [0.05, 0.1) is 11.9 Å². The normalized spacial score (nSPS) is 18.9. The molecule has 2 aromatic rings. The predicted molar refractivity (Wildman–Crippen MR) is 67.9 cm³/mol. The minimum absolute atomic E-state index is 0.0673. The third-order valence-corrected chi connectivity index (χ3v) is 5.07. The Morgan fingerprint density at radius 2 is 2.17 bits per heavy atom. The van der Waals surface area contributed by atoms with E-state index in [-0.39, 0.29) is 10.9 Å². The average molecular weight is 263 g/mol. The first kappa shape index (κ1) is 11.3. The maximum Gasteiger partial charge on any atom is 0.267 e. The van der Waals surface area contributed by atoms with E-state index in [1.54, 1.807) is 0 Å². The van der Waals surface area contributed by atoms with Gasteiger partial charge >= 0.3 is 0 Å². The van der Waals surface area contributed by atoms with Crippen molar-refractivity contribution in [1.82, 2.24) is 10.2 Å². The molecule has 1 N–H and O–H groups in total. The molecule has 0 radical (unpaired) electrons. The number of anilines is 1. The quantitative estimate of drug-likeness (QED) is 0.894. The molecule has 5 nitrogen and oxygen atoms in total. The fraction of sp³-hybridized carbons (Fsp3) is 0.250. The van der Waals surface area contributed by atoms with Crippen LogP contribution in [0.5, 0.6) is 0 Å². The molecule has 0 spiro atoms. The maximum atomic E-state index is 12.5. The summed E-state index contributed by atoms with van der Waals surface area (Å²) in [6.07, 6.45) is 3.49. The summed E-state index contributed by atoms with van der Waals surface area (Å²) in [5.41, 5.74) is 1.84. The molecule has 0 fully saturated rings. The van der Waals surface area contributed by atoms with Crippen molar-refractivity contribution >= 4 is 15.7 Å². The summed E-state index contributed by atoms with van der Waals surface area (Å²) in [5.74, 6) is 0. The van der Waals surface area contributed by atoms with Crippen molar-refractivity contribution in [3.8, 4) is 0 Å². The number of aromatic amines is 1. The van der Waals surface area contributed by atoms with E-state index in [1.807, 2.05) is 31.2 Å². The molecule has 3 rings (SSSR count). The van der Waals surface area contributed by atoms with Gasteiger partial charge in [-0.05, 0) is 25.0 Å². The zero-order chi connectivity index (χ0) is 12.8. The summed E-state index contributed by atoms with van der Waals surface area (Å²) < 4.78 is 26.5. The molecular formula is C12H13N3O2S. The van der Waals surface area contributed by atoms with E-state index in [4.69, 9.17) is 0 Å². The van der Waals surface area contributed by atoms with Crippen molar-refractivity contribution in [3.63, 3.8) is 0 Å².